The first kappa shape index (κ1) is 14.6. The Hall–Kier alpha value is -1.80. The molecule has 0 heterocycles. The Labute approximate surface area is 121 Å². The predicted molar refractivity (Wildman–Crippen MR) is 84.3 cm³/mol. The summed E-state index contributed by atoms with van der Waals surface area (Å²) in [4.78, 5) is 0. The van der Waals surface area contributed by atoms with E-state index in [0.29, 0.717) is 0 Å². The third-order valence-corrected chi connectivity index (χ3v) is 3.41. The van der Waals surface area contributed by atoms with Crippen molar-refractivity contribution in [2.24, 2.45) is 0 Å². The van der Waals surface area contributed by atoms with Gasteiger partial charge >= 0.3 is 0 Å². The van der Waals surface area contributed by atoms with Crippen molar-refractivity contribution in [3.63, 3.8) is 0 Å². The Kier molecular flexibility index (Phi) is 6.12. The molecule has 0 saturated carbocycles. The Morgan fingerprint density at radius 2 is 1.50 bits per heavy atom. The number of rotatable bonds is 8. The van der Waals surface area contributed by atoms with E-state index >= 15 is 0 Å². The minimum absolute atomic E-state index is 0.921. The molecule has 0 atom stereocenters. The lowest BCUT2D eigenvalue weighted by molar-refractivity contribution is 0.414. The molecule has 0 saturated heterocycles. The minimum atomic E-state index is 0.921. The molecule has 0 bridgehead atoms. The van der Waals surface area contributed by atoms with Crippen LogP contribution >= 0.6 is 0 Å². The number of ether oxygens (including phenoxy) is 1. The highest BCUT2D eigenvalue weighted by atomic mass is 16.5. The van der Waals surface area contributed by atoms with Gasteiger partial charge in [0.25, 0.3) is 0 Å². The maximum Gasteiger partial charge on any atom is 0.118 e. The summed E-state index contributed by atoms with van der Waals surface area (Å²) < 4.78 is 5.15. The molecule has 0 radical (unpaired) electrons. The van der Waals surface area contributed by atoms with Crippen LogP contribution in [0.3, 0.4) is 0 Å². The molecular weight excluding hydrogens is 246 g/mol. The van der Waals surface area contributed by atoms with E-state index in [1.54, 1.807) is 7.11 Å². The number of methoxy groups -OCH3 is 1. The predicted octanol–water partition coefficient (Wildman–Crippen LogP) is 3.46. The molecule has 106 valence electrons. The number of benzene rings is 2. The molecule has 0 aliphatic rings. The van der Waals surface area contributed by atoms with E-state index in [9.17, 15) is 0 Å². The average molecular weight is 269 g/mol. The highest BCUT2D eigenvalue weighted by Crippen LogP contribution is 2.11. The van der Waals surface area contributed by atoms with Gasteiger partial charge in [0.1, 0.15) is 5.75 Å². The molecule has 0 amide bonds. The largest absolute Gasteiger partial charge is 0.497 e. The number of hydrogen-bond donors (Lipinski definition) is 1. The Bertz CT molecular complexity index is 479. The van der Waals surface area contributed by atoms with Gasteiger partial charge in [0.05, 0.1) is 7.11 Å². The summed E-state index contributed by atoms with van der Waals surface area (Å²) in [6, 6.07) is 19.0. The molecule has 0 aliphatic heterocycles. The fraction of sp³-hybridized carbons (Fsp3) is 0.333. The van der Waals surface area contributed by atoms with Gasteiger partial charge in [-0.2, -0.15) is 0 Å². The van der Waals surface area contributed by atoms with Crippen LogP contribution in [-0.4, -0.2) is 20.2 Å². The van der Waals surface area contributed by atoms with E-state index in [2.05, 4.69) is 47.8 Å². The first-order valence-electron chi connectivity index (χ1n) is 7.26. The zero-order valence-electron chi connectivity index (χ0n) is 12.1. The van der Waals surface area contributed by atoms with Crippen molar-refractivity contribution in [3.05, 3.63) is 65.7 Å². The molecule has 0 fully saturated rings. The van der Waals surface area contributed by atoms with E-state index in [1.807, 2.05) is 12.1 Å². The summed E-state index contributed by atoms with van der Waals surface area (Å²) in [6.07, 6.45) is 3.40. The van der Waals surface area contributed by atoms with Crippen molar-refractivity contribution in [3.8, 4) is 5.75 Å². The molecular formula is C18H23NO. The van der Waals surface area contributed by atoms with Crippen LogP contribution in [0.15, 0.2) is 54.6 Å². The van der Waals surface area contributed by atoms with Gasteiger partial charge in [0.15, 0.2) is 0 Å². The molecule has 0 aliphatic carbocycles. The van der Waals surface area contributed by atoms with Gasteiger partial charge in [-0.05, 0) is 55.6 Å². The first-order chi connectivity index (χ1) is 9.88. The van der Waals surface area contributed by atoms with Gasteiger partial charge in [-0.25, -0.2) is 0 Å². The third kappa shape index (κ3) is 5.06. The van der Waals surface area contributed by atoms with E-state index in [4.69, 9.17) is 4.74 Å². The molecule has 1 N–H and O–H groups in total. The van der Waals surface area contributed by atoms with Crippen LogP contribution in [0.1, 0.15) is 17.5 Å². The Morgan fingerprint density at radius 1 is 0.800 bits per heavy atom. The van der Waals surface area contributed by atoms with Crippen LogP contribution in [0.4, 0.5) is 0 Å². The average Bonchev–Trinajstić information content (AvgIpc) is 2.52. The molecule has 2 aromatic carbocycles. The molecule has 0 aromatic heterocycles. The topological polar surface area (TPSA) is 21.3 Å². The molecule has 0 spiro atoms. The van der Waals surface area contributed by atoms with E-state index in [1.165, 1.54) is 17.5 Å². The van der Waals surface area contributed by atoms with Gasteiger partial charge in [-0.1, -0.05) is 42.5 Å². The molecule has 2 nitrogen and oxygen atoms in total. The standard InChI is InChI=1S/C18H23NO/c1-20-18-11-9-17(10-12-18)13-15-19-14-5-8-16-6-3-2-4-7-16/h2-4,6-7,9-12,19H,5,8,13-15H2,1H3. The molecule has 20 heavy (non-hydrogen) atoms. The van der Waals surface area contributed by atoms with Gasteiger partial charge < -0.3 is 10.1 Å². The third-order valence-electron chi connectivity index (χ3n) is 3.41. The summed E-state index contributed by atoms with van der Waals surface area (Å²) >= 11 is 0. The Balaban J connectivity index is 1.57. The first-order valence-corrected chi connectivity index (χ1v) is 7.26. The van der Waals surface area contributed by atoms with Crippen LogP contribution in [0.5, 0.6) is 5.75 Å². The number of aryl methyl sites for hydroxylation is 1. The quantitative estimate of drug-likeness (QED) is 0.741. The normalized spacial score (nSPS) is 10.4. The lowest BCUT2D eigenvalue weighted by Gasteiger charge is -2.06. The van der Waals surface area contributed by atoms with E-state index in [0.717, 1.165) is 31.7 Å². The van der Waals surface area contributed by atoms with Gasteiger partial charge in [-0.15, -0.1) is 0 Å². The fourth-order valence-corrected chi connectivity index (χ4v) is 2.21. The summed E-state index contributed by atoms with van der Waals surface area (Å²) in [5, 5.41) is 3.50. The van der Waals surface area contributed by atoms with Crippen LogP contribution < -0.4 is 10.1 Å². The SMILES string of the molecule is COc1ccc(CCNCCCc2ccccc2)cc1. The summed E-state index contributed by atoms with van der Waals surface area (Å²) in [5.74, 6) is 0.921. The fourth-order valence-electron chi connectivity index (χ4n) is 2.21. The summed E-state index contributed by atoms with van der Waals surface area (Å²) in [5.41, 5.74) is 2.77. The summed E-state index contributed by atoms with van der Waals surface area (Å²) in [6.45, 7) is 2.10. The lowest BCUT2D eigenvalue weighted by Crippen LogP contribution is -2.18. The van der Waals surface area contributed by atoms with Crippen molar-refractivity contribution in [1.82, 2.24) is 5.32 Å². The van der Waals surface area contributed by atoms with Crippen molar-refractivity contribution in [1.29, 1.82) is 0 Å². The van der Waals surface area contributed by atoms with Crippen molar-refractivity contribution in [2.75, 3.05) is 20.2 Å². The van der Waals surface area contributed by atoms with E-state index in [-0.39, 0.29) is 0 Å². The second-order valence-electron chi connectivity index (χ2n) is 4.94. The van der Waals surface area contributed by atoms with Gasteiger partial charge in [0.2, 0.25) is 0 Å². The zero-order chi connectivity index (χ0) is 14.0. The molecule has 2 rings (SSSR count). The van der Waals surface area contributed by atoms with Crippen LogP contribution in [0.2, 0.25) is 0 Å². The monoisotopic (exact) mass is 269 g/mol. The van der Waals surface area contributed by atoms with E-state index < -0.39 is 0 Å². The highest BCUT2D eigenvalue weighted by molar-refractivity contribution is 5.27. The molecule has 0 unspecified atom stereocenters. The summed E-state index contributed by atoms with van der Waals surface area (Å²) in [7, 11) is 1.70. The van der Waals surface area contributed by atoms with Crippen molar-refractivity contribution >= 4 is 0 Å². The second-order valence-corrected chi connectivity index (χ2v) is 4.94. The number of nitrogens with one attached hydrogen (secondary N) is 1. The van der Waals surface area contributed by atoms with Crippen molar-refractivity contribution < 1.29 is 4.74 Å². The van der Waals surface area contributed by atoms with Crippen LogP contribution in [0, 0.1) is 0 Å². The molecule has 2 heteroatoms. The maximum absolute atomic E-state index is 5.15. The lowest BCUT2D eigenvalue weighted by atomic mass is 10.1. The molecule has 2 aromatic rings. The van der Waals surface area contributed by atoms with Gasteiger partial charge in [-0.3, -0.25) is 0 Å². The number of hydrogen-bond acceptors (Lipinski definition) is 2. The Morgan fingerprint density at radius 3 is 2.20 bits per heavy atom. The minimum Gasteiger partial charge on any atom is -0.497 e. The zero-order valence-corrected chi connectivity index (χ0v) is 12.1. The highest BCUT2D eigenvalue weighted by Gasteiger charge is 1.95. The maximum atomic E-state index is 5.15. The van der Waals surface area contributed by atoms with Crippen LogP contribution in [0.25, 0.3) is 0 Å². The van der Waals surface area contributed by atoms with Crippen molar-refractivity contribution in [2.45, 2.75) is 19.3 Å². The smallest absolute Gasteiger partial charge is 0.118 e. The van der Waals surface area contributed by atoms with Crippen LogP contribution in [-0.2, 0) is 12.8 Å². The van der Waals surface area contributed by atoms with Gasteiger partial charge in [0, 0.05) is 0 Å². The second kappa shape index (κ2) is 8.39.